The van der Waals surface area contributed by atoms with Gasteiger partial charge in [-0.2, -0.15) is 0 Å². The summed E-state index contributed by atoms with van der Waals surface area (Å²) in [4.78, 5) is 24.5. The number of carboxylic acid groups (broad SMARTS) is 1. The summed E-state index contributed by atoms with van der Waals surface area (Å²) in [5.74, 6) is 0.479. The van der Waals surface area contributed by atoms with E-state index in [4.69, 9.17) is 5.11 Å². The Balaban J connectivity index is 1.76. The van der Waals surface area contributed by atoms with Crippen LogP contribution >= 0.6 is 0 Å². The van der Waals surface area contributed by atoms with Crippen LogP contribution in [0.1, 0.15) is 45.4 Å². The van der Waals surface area contributed by atoms with Crippen molar-refractivity contribution in [1.82, 2.24) is 10.2 Å². The topological polar surface area (TPSA) is 69.6 Å². The second kappa shape index (κ2) is 6.26. The third kappa shape index (κ3) is 3.61. The quantitative estimate of drug-likeness (QED) is 0.823. The molecule has 0 aromatic carbocycles. The zero-order valence-electron chi connectivity index (χ0n) is 11.6. The van der Waals surface area contributed by atoms with Crippen molar-refractivity contribution in [1.29, 1.82) is 0 Å². The fraction of sp³-hybridized carbons (Fsp3) is 0.857. The standard InChI is InChI=1S/C14H24N2O3/c1-10-4-6-11(7-5-10)9-15-14(19)16-8-2-3-12(16)13(17)18/h10-12H,2-9H2,1H3,(H,15,19)(H,17,18). The maximum absolute atomic E-state index is 12.0. The number of carbonyl (C=O) groups is 2. The molecule has 1 saturated carbocycles. The monoisotopic (exact) mass is 268 g/mol. The molecule has 2 rings (SSSR count). The van der Waals surface area contributed by atoms with Crippen LogP contribution in [0.15, 0.2) is 0 Å². The summed E-state index contributed by atoms with van der Waals surface area (Å²) in [6, 6.07) is -0.838. The van der Waals surface area contributed by atoms with E-state index < -0.39 is 12.0 Å². The molecule has 1 unspecified atom stereocenters. The van der Waals surface area contributed by atoms with Gasteiger partial charge in [0.25, 0.3) is 0 Å². The van der Waals surface area contributed by atoms with E-state index in [9.17, 15) is 9.59 Å². The summed E-state index contributed by atoms with van der Waals surface area (Å²) in [6.07, 6.45) is 6.17. The Morgan fingerprint density at radius 1 is 1.21 bits per heavy atom. The van der Waals surface area contributed by atoms with E-state index in [2.05, 4.69) is 12.2 Å². The Hall–Kier alpha value is -1.26. The molecular formula is C14H24N2O3. The first kappa shape index (κ1) is 14.2. The number of likely N-dealkylation sites (tertiary alicyclic amines) is 1. The van der Waals surface area contributed by atoms with Crippen LogP contribution in [0, 0.1) is 11.8 Å². The molecule has 5 heteroatoms. The summed E-state index contributed by atoms with van der Waals surface area (Å²) >= 11 is 0. The largest absolute Gasteiger partial charge is 0.480 e. The minimum Gasteiger partial charge on any atom is -0.480 e. The fourth-order valence-corrected chi connectivity index (χ4v) is 3.13. The predicted octanol–water partition coefficient (Wildman–Crippen LogP) is 2.07. The van der Waals surface area contributed by atoms with Crippen molar-refractivity contribution in [2.45, 2.75) is 51.5 Å². The lowest BCUT2D eigenvalue weighted by atomic mass is 9.83. The van der Waals surface area contributed by atoms with Crippen molar-refractivity contribution in [2.75, 3.05) is 13.1 Å². The maximum Gasteiger partial charge on any atom is 0.326 e. The van der Waals surface area contributed by atoms with Gasteiger partial charge in [-0.25, -0.2) is 9.59 Å². The Morgan fingerprint density at radius 2 is 1.89 bits per heavy atom. The van der Waals surface area contributed by atoms with Gasteiger partial charge in [0.1, 0.15) is 6.04 Å². The Labute approximate surface area is 114 Å². The molecule has 1 atom stereocenters. The number of aliphatic carboxylic acids is 1. The first-order valence-electron chi connectivity index (χ1n) is 7.35. The zero-order chi connectivity index (χ0) is 13.8. The minimum atomic E-state index is -0.890. The van der Waals surface area contributed by atoms with Crippen LogP contribution < -0.4 is 5.32 Å². The number of nitrogens with one attached hydrogen (secondary N) is 1. The van der Waals surface area contributed by atoms with Gasteiger partial charge in [0.05, 0.1) is 0 Å². The van der Waals surface area contributed by atoms with E-state index in [0.717, 1.165) is 12.3 Å². The van der Waals surface area contributed by atoms with Gasteiger partial charge in [-0.3, -0.25) is 0 Å². The molecule has 1 heterocycles. The van der Waals surface area contributed by atoms with Crippen molar-refractivity contribution in [3.05, 3.63) is 0 Å². The molecule has 1 saturated heterocycles. The molecule has 2 fully saturated rings. The van der Waals surface area contributed by atoms with Gasteiger partial charge in [0.2, 0.25) is 0 Å². The molecular weight excluding hydrogens is 244 g/mol. The Morgan fingerprint density at radius 3 is 2.53 bits per heavy atom. The van der Waals surface area contributed by atoms with Gasteiger partial charge in [0, 0.05) is 13.1 Å². The summed E-state index contributed by atoms with van der Waals surface area (Å²) in [7, 11) is 0. The first-order chi connectivity index (χ1) is 9.08. The van der Waals surface area contributed by atoms with Crippen molar-refractivity contribution in [3.63, 3.8) is 0 Å². The van der Waals surface area contributed by atoms with E-state index >= 15 is 0 Å². The number of carboxylic acids is 1. The van der Waals surface area contributed by atoms with E-state index in [1.54, 1.807) is 0 Å². The highest BCUT2D eigenvalue weighted by Crippen LogP contribution is 2.27. The third-order valence-electron chi connectivity index (χ3n) is 4.48. The van der Waals surface area contributed by atoms with Gasteiger partial charge in [-0.15, -0.1) is 0 Å². The lowest BCUT2D eigenvalue weighted by molar-refractivity contribution is -0.141. The fourth-order valence-electron chi connectivity index (χ4n) is 3.13. The van der Waals surface area contributed by atoms with Crippen molar-refractivity contribution >= 4 is 12.0 Å². The van der Waals surface area contributed by atoms with Gasteiger partial charge in [-0.05, 0) is 37.5 Å². The molecule has 1 aliphatic heterocycles. The molecule has 0 radical (unpaired) electrons. The van der Waals surface area contributed by atoms with Gasteiger partial charge in [-0.1, -0.05) is 19.8 Å². The van der Waals surface area contributed by atoms with E-state index in [1.807, 2.05) is 0 Å². The van der Waals surface area contributed by atoms with E-state index in [0.29, 0.717) is 25.4 Å². The molecule has 2 N–H and O–H groups in total. The van der Waals surface area contributed by atoms with Gasteiger partial charge < -0.3 is 15.3 Å². The van der Waals surface area contributed by atoms with E-state index in [-0.39, 0.29) is 6.03 Å². The van der Waals surface area contributed by atoms with Crippen LogP contribution in [0.25, 0.3) is 0 Å². The number of carbonyl (C=O) groups excluding carboxylic acids is 1. The second-order valence-corrected chi connectivity index (χ2v) is 6.00. The van der Waals surface area contributed by atoms with Crippen molar-refractivity contribution in [3.8, 4) is 0 Å². The number of hydrogen-bond acceptors (Lipinski definition) is 2. The van der Waals surface area contributed by atoms with Gasteiger partial charge in [0.15, 0.2) is 0 Å². The second-order valence-electron chi connectivity index (χ2n) is 6.00. The molecule has 2 aliphatic rings. The highest BCUT2D eigenvalue weighted by Gasteiger charge is 2.34. The number of rotatable bonds is 3. The van der Waals surface area contributed by atoms with Crippen LogP contribution in [0.2, 0.25) is 0 Å². The van der Waals surface area contributed by atoms with E-state index in [1.165, 1.54) is 30.6 Å². The normalized spacial score (nSPS) is 31.2. The zero-order valence-corrected chi connectivity index (χ0v) is 11.6. The predicted molar refractivity (Wildman–Crippen MR) is 71.9 cm³/mol. The number of amides is 2. The van der Waals surface area contributed by atoms with Crippen LogP contribution in [0.5, 0.6) is 0 Å². The highest BCUT2D eigenvalue weighted by atomic mass is 16.4. The summed E-state index contributed by atoms with van der Waals surface area (Å²) < 4.78 is 0. The summed E-state index contributed by atoms with van der Waals surface area (Å²) in [5.41, 5.74) is 0. The molecule has 2 amide bonds. The molecule has 0 spiro atoms. The summed E-state index contributed by atoms with van der Waals surface area (Å²) in [5, 5.41) is 12.0. The van der Waals surface area contributed by atoms with Gasteiger partial charge >= 0.3 is 12.0 Å². The van der Waals surface area contributed by atoms with Crippen molar-refractivity contribution in [2.24, 2.45) is 11.8 Å². The smallest absolute Gasteiger partial charge is 0.326 e. The van der Waals surface area contributed by atoms with Crippen LogP contribution in [-0.2, 0) is 4.79 Å². The molecule has 19 heavy (non-hydrogen) atoms. The lowest BCUT2D eigenvalue weighted by Gasteiger charge is -2.28. The van der Waals surface area contributed by atoms with Crippen molar-refractivity contribution < 1.29 is 14.7 Å². The lowest BCUT2D eigenvalue weighted by Crippen LogP contribution is -2.47. The summed E-state index contributed by atoms with van der Waals surface area (Å²) in [6.45, 7) is 3.52. The minimum absolute atomic E-state index is 0.205. The number of hydrogen-bond donors (Lipinski definition) is 2. The van der Waals surface area contributed by atoms with Crippen LogP contribution in [0.3, 0.4) is 0 Å². The molecule has 108 valence electrons. The van der Waals surface area contributed by atoms with Crippen LogP contribution in [-0.4, -0.2) is 41.1 Å². The molecule has 0 aromatic heterocycles. The van der Waals surface area contributed by atoms with Crippen LogP contribution in [0.4, 0.5) is 4.79 Å². The Bertz CT molecular complexity index is 338. The highest BCUT2D eigenvalue weighted by molar-refractivity contribution is 5.83. The number of urea groups is 1. The molecule has 0 bridgehead atoms. The third-order valence-corrected chi connectivity index (χ3v) is 4.48. The SMILES string of the molecule is CC1CCC(CNC(=O)N2CCCC2C(=O)O)CC1. The number of nitrogens with zero attached hydrogens (tertiary/aromatic N) is 1. The first-order valence-corrected chi connectivity index (χ1v) is 7.35. The molecule has 0 aromatic rings. The Kier molecular flexibility index (Phi) is 4.66. The molecule has 1 aliphatic carbocycles. The maximum atomic E-state index is 12.0. The average molecular weight is 268 g/mol. The molecule has 5 nitrogen and oxygen atoms in total. The average Bonchev–Trinajstić information content (AvgIpc) is 2.87.